The Morgan fingerprint density at radius 1 is 0.269 bits per heavy atom. The minimum atomic E-state index is -1.81. The Bertz CT molecular complexity index is 4680. The van der Waals surface area contributed by atoms with Crippen LogP contribution in [0.3, 0.4) is 0 Å². The van der Waals surface area contributed by atoms with Crippen molar-refractivity contribution in [3.8, 4) is 0 Å². The molecule has 10 atom stereocenters. The standard InChI is InChI=1S/2C42H33NO12.2C4H10.Sn/c2*44-36(30-23-13-14-24-31(30)37(45)46)43-33-35(54-40(49)28-19-9-3-10-20-28)34(53-39(48)27-17-7-2-8-18-27)32(25-51-38(47)26-15-5-1-6-16-26)52-42(33)55-41(50)29-21-11-4-12-22-29;2*1-3-4-2;/h2*1-24,32-35,42H,25H2,(H,43,44)(H,45,46);2*3-4H2,1-2H3;/q;;;;+2/p-2/t2*32-,33-,34-,35-,42+;;;/m11.../s1. The number of ether oxygens (including phenoxy) is 10. The number of carboxylic acids is 2. The second kappa shape index (κ2) is 46.9. The van der Waals surface area contributed by atoms with Gasteiger partial charge in [-0.25, -0.2) is 38.4 Å². The second-order valence-electron chi connectivity index (χ2n) is 26.2. The van der Waals surface area contributed by atoms with Gasteiger partial charge in [0.15, 0.2) is 24.4 Å². The predicted octanol–water partition coefficient (Wildman–Crippen LogP) is 11.3. The van der Waals surface area contributed by atoms with Crippen molar-refractivity contribution in [2.45, 2.75) is 115 Å². The largest absolute Gasteiger partial charge is 2.00 e. The molecule has 2 heterocycles. The van der Waals surface area contributed by atoms with Crippen molar-refractivity contribution in [3.05, 3.63) is 358 Å². The van der Waals surface area contributed by atoms with Crippen LogP contribution in [0.1, 0.15) is 178 Å². The number of esters is 8. The van der Waals surface area contributed by atoms with E-state index in [2.05, 4.69) is 38.3 Å². The first-order valence-corrected chi connectivity index (χ1v) is 37.8. The van der Waals surface area contributed by atoms with E-state index in [1.165, 1.54) is 159 Å². The van der Waals surface area contributed by atoms with Gasteiger partial charge < -0.3 is 77.8 Å². The maximum Gasteiger partial charge on any atom is 2.00 e. The number of rotatable bonds is 26. The van der Waals surface area contributed by atoms with Gasteiger partial charge in [0.25, 0.3) is 11.8 Å². The molecule has 0 aromatic heterocycles. The minimum absolute atomic E-state index is 0. The summed E-state index contributed by atoms with van der Waals surface area (Å²) in [6.45, 7) is 7.49. The van der Waals surface area contributed by atoms with Crippen LogP contribution in [0.5, 0.6) is 0 Å². The van der Waals surface area contributed by atoms with Crippen LogP contribution in [0.25, 0.3) is 0 Å². The van der Waals surface area contributed by atoms with Crippen LogP contribution in [0.2, 0.25) is 0 Å². The predicted molar refractivity (Wildman–Crippen MR) is 428 cm³/mol. The van der Waals surface area contributed by atoms with Crippen molar-refractivity contribution in [1.82, 2.24) is 10.6 Å². The van der Waals surface area contributed by atoms with Crippen LogP contribution in [0, 0.1) is 0 Å². The SMILES string of the molecule is CCCC.CCCC.O=C(OC[C@H]1O[C@@H](OC(=O)c2ccccc2)[C@H](NC(=O)c2ccccc2C(=O)[O-])[C@@H](OC(=O)c2ccccc2)[C@@H]1OC(=O)c1ccccc1)c1ccccc1.O=C(OC[C@H]1O[C@@H](OC(=O)c2ccccc2)[C@H](NC(=O)c2ccccc2C(=O)[O-])[C@@H](OC(=O)c2ccccc2)[C@@H]1OC(=O)c1ccccc1)c1ccccc1.[Sn+2]. The van der Waals surface area contributed by atoms with Gasteiger partial charge in [-0.15, -0.1) is 0 Å². The molecule has 2 aliphatic rings. The summed E-state index contributed by atoms with van der Waals surface area (Å²) in [5.41, 5.74) is -0.760. The molecule has 0 saturated carbocycles. The van der Waals surface area contributed by atoms with Gasteiger partial charge in [0.1, 0.15) is 37.5 Å². The molecule has 2 amide bonds. The Morgan fingerprint density at radius 2 is 0.462 bits per heavy atom. The Labute approximate surface area is 702 Å². The van der Waals surface area contributed by atoms with Crippen molar-refractivity contribution in [1.29, 1.82) is 0 Å². The molecule has 0 spiro atoms. The fraction of sp³-hybridized carbons (Fsp3) is 0.217. The van der Waals surface area contributed by atoms with Gasteiger partial charge in [-0.2, -0.15) is 0 Å². The summed E-state index contributed by atoms with van der Waals surface area (Å²) >= 11 is 0. The zero-order valence-electron chi connectivity index (χ0n) is 65.0. The Morgan fingerprint density at radius 3 is 0.681 bits per heavy atom. The van der Waals surface area contributed by atoms with E-state index in [4.69, 9.17) is 47.4 Å². The van der Waals surface area contributed by atoms with Crippen LogP contribution in [0.4, 0.5) is 0 Å². The summed E-state index contributed by atoms with van der Waals surface area (Å²) in [6.07, 6.45) is -8.03. The number of hydrogen-bond donors (Lipinski definition) is 2. The molecule has 2 aliphatic heterocycles. The average molecular weight is 1720 g/mol. The molecule has 10 aromatic carbocycles. The molecule has 0 bridgehead atoms. The van der Waals surface area contributed by atoms with E-state index >= 15 is 0 Å². The number of aromatic carboxylic acids is 2. The molecule has 0 unspecified atom stereocenters. The zero-order chi connectivity index (χ0) is 84.3. The topological polar surface area (TPSA) is 367 Å². The van der Waals surface area contributed by atoms with E-state index in [1.54, 1.807) is 146 Å². The summed E-state index contributed by atoms with van der Waals surface area (Å²) in [5, 5.41) is 29.1. The number of hydrogen-bond acceptors (Lipinski definition) is 24. The summed E-state index contributed by atoms with van der Waals surface area (Å²) in [6, 6.07) is 69.7. The molecular weight excluding hydrogens is 1640 g/mol. The van der Waals surface area contributed by atoms with Crippen molar-refractivity contribution >= 4 is 95.4 Å². The third kappa shape index (κ3) is 26.3. The molecule has 2 fully saturated rings. The number of benzene rings is 10. The minimum Gasteiger partial charge on any atom is -0.545 e. The second-order valence-corrected chi connectivity index (χ2v) is 26.2. The molecule has 2 N–H and O–H groups in total. The average Bonchev–Trinajstić information content (AvgIpc) is 0.774. The Hall–Kier alpha value is -13.4. The van der Waals surface area contributed by atoms with E-state index in [0.717, 1.165) is 12.1 Å². The van der Waals surface area contributed by atoms with E-state index in [1.807, 2.05) is 0 Å². The van der Waals surface area contributed by atoms with Crippen LogP contribution in [0.15, 0.2) is 291 Å². The fourth-order valence-corrected chi connectivity index (χ4v) is 11.5. The molecule has 12 rings (SSSR count). The number of carboxylic acid groups (broad SMARTS) is 2. The van der Waals surface area contributed by atoms with Gasteiger partial charge in [-0.05, 0) is 109 Å². The summed E-state index contributed by atoms with van der Waals surface area (Å²) in [4.78, 5) is 160. The quantitative estimate of drug-likeness (QED) is 0.0289. The van der Waals surface area contributed by atoms with Crippen LogP contribution in [-0.2, 0) is 47.4 Å². The summed E-state index contributed by atoms with van der Waals surface area (Å²) in [7, 11) is 0. The molecule has 10 aromatic rings. The van der Waals surface area contributed by atoms with Gasteiger partial charge in [-0.3, -0.25) is 9.59 Å². The Kier molecular flexibility index (Phi) is 35.9. The van der Waals surface area contributed by atoms with Crippen molar-refractivity contribution in [2.75, 3.05) is 13.2 Å². The van der Waals surface area contributed by atoms with E-state index in [9.17, 15) is 67.7 Å². The first-order chi connectivity index (χ1) is 57.2. The van der Waals surface area contributed by atoms with E-state index in [0.29, 0.717) is 0 Å². The van der Waals surface area contributed by atoms with Gasteiger partial charge >= 0.3 is 71.7 Å². The number of carbonyl (C=O) groups is 12. The third-order valence-corrected chi connectivity index (χ3v) is 17.9. The normalized spacial score (nSPS) is 17.9. The summed E-state index contributed by atoms with van der Waals surface area (Å²) < 4.78 is 59.2. The first-order valence-electron chi connectivity index (χ1n) is 37.8. The zero-order valence-corrected chi connectivity index (χ0v) is 67.9. The maximum atomic E-state index is 13.9. The molecule has 27 heteroatoms. The van der Waals surface area contributed by atoms with E-state index in [-0.39, 0.29) is 79.5 Å². The van der Waals surface area contributed by atoms with Gasteiger partial charge in [0.05, 0.1) is 56.4 Å². The molecule has 0 aliphatic carbocycles. The molecule has 2 saturated heterocycles. The maximum absolute atomic E-state index is 13.9. The van der Waals surface area contributed by atoms with Crippen molar-refractivity contribution < 1.29 is 115 Å². The van der Waals surface area contributed by atoms with Gasteiger partial charge in [0, 0.05) is 22.3 Å². The first kappa shape index (κ1) is 91.1. The summed E-state index contributed by atoms with van der Waals surface area (Å²) in [5.74, 6) is -12.4. The Balaban J connectivity index is 0.000000270. The number of unbranched alkanes of at least 4 members (excludes halogenated alkanes) is 2. The van der Waals surface area contributed by atoms with Crippen LogP contribution >= 0.6 is 0 Å². The molecule has 26 nitrogen and oxygen atoms in total. The van der Waals surface area contributed by atoms with Crippen molar-refractivity contribution in [3.63, 3.8) is 0 Å². The number of amides is 2. The van der Waals surface area contributed by atoms with Crippen LogP contribution < -0.4 is 20.8 Å². The number of nitrogens with one attached hydrogen (secondary N) is 2. The fourth-order valence-electron chi connectivity index (χ4n) is 11.5. The third-order valence-electron chi connectivity index (χ3n) is 17.9. The smallest absolute Gasteiger partial charge is 0.545 e. The molecular formula is C92H84N2O24Sn. The monoisotopic (exact) mass is 1720 g/mol. The molecule has 610 valence electrons. The number of carbonyl (C=O) groups excluding carboxylic acids is 12. The van der Waals surface area contributed by atoms with Crippen molar-refractivity contribution in [2.24, 2.45) is 0 Å². The van der Waals surface area contributed by atoms with E-state index < -0.39 is 157 Å². The van der Waals surface area contributed by atoms with Gasteiger partial charge in [0.2, 0.25) is 12.6 Å². The molecule has 119 heavy (non-hydrogen) atoms. The van der Waals surface area contributed by atoms with Gasteiger partial charge in [-0.1, -0.05) is 235 Å². The molecule has 2 radical (unpaired) electrons. The van der Waals surface area contributed by atoms with Crippen LogP contribution in [-0.4, -0.2) is 170 Å².